The summed E-state index contributed by atoms with van der Waals surface area (Å²) in [5.41, 5.74) is 6.82. The second-order valence-corrected chi connectivity index (χ2v) is 12.5. The van der Waals surface area contributed by atoms with Gasteiger partial charge < -0.3 is 39.3 Å². The van der Waals surface area contributed by atoms with E-state index in [9.17, 15) is 9.59 Å². The van der Waals surface area contributed by atoms with E-state index in [-0.39, 0.29) is 35.9 Å². The molecule has 6 rings (SSSR count). The summed E-state index contributed by atoms with van der Waals surface area (Å²) in [6, 6.07) is 28.8. The maximum Gasteiger partial charge on any atom is 0.314 e. The standard InChI is InChI=1S/C38H39N7O3.HI/c1-28-10-15-33(24-35(28)43-38-40-18-16-34(42-38)32-9-6-17-39-25-32)41-37(47)31-13-11-30(12-14-31)26-44-19-21-45(2,22-20-44)27-48-36(46)23-29-7-4-3-5-8-29;/h3-18,24-25H,19-23,26-27H2,1-2H3,(H-,40,41,42,43,47);1H. The molecule has 3 aromatic carbocycles. The van der Waals surface area contributed by atoms with Gasteiger partial charge >= 0.3 is 5.97 Å². The third-order valence-corrected chi connectivity index (χ3v) is 8.62. The van der Waals surface area contributed by atoms with Crippen molar-refractivity contribution in [3.05, 3.63) is 132 Å². The number of anilines is 3. The molecule has 3 heterocycles. The number of pyridine rings is 1. The first-order valence-electron chi connectivity index (χ1n) is 16.1. The number of carbonyl (C=O) groups is 2. The molecule has 0 bridgehead atoms. The number of nitrogens with zero attached hydrogens (tertiary/aromatic N) is 5. The van der Waals surface area contributed by atoms with Gasteiger partial charge in [-0.25, -0.2) is 9.97 Å². The number of halogens is 1. The van der Waals surface area contributed by atoms with Gasteiger partial charge in [0.05, 0.1) is 32.3 Å². The molecule has 1 aliphatic heterocycles. The van der Waals surface area contributed by atoms with Crippen LogP contribution in [0.2, 0.25) is 0 Å². The Hall–Kier alpha value is -4.72. The van der Waals surface area contributed by atoms with Crippen molar-refractivity contribution < 1.29 is 42.8 Å². The van der Waals surface area contributed by atoms with Gasteiger partial charge in [0.2, 0.25) is 12.7 Å². The molecule has 1 aliphatic rings. The molecule has 1 amide bonds. The lowest BCUT2D eigenvalue weighted by Gasteiger charge is -2.41. The summed E-state index contributed by atoms with van der Waals surface area (Å²) in [6.07, 6.45) is 5.49. The fraction of sp³-hybridized carbons (Fsp3) is 0.237. The third-order valence-electron chi connectivity index (χ3n) is 8.62. The Kier molecular flexibility index (Phi) is 12.1. The summed E-state index contributed by atoms with van der Waals surface area (Å²) < 4.78 is 6.35. The Morgan fingerprint density at radius 2 is 1.67 bits per heavy atom. The monoisotopic (exact) mass is 769 g/mol. The van der Waals surface area contributed by atoms with Crippen LogP contribution in [0.25, 0.3) is 11.3 Å². The quantitative estimate of drug-likeness (QED) is 0.120. The molecule has 0 radical (unpaired) electrons. The number of hydrogen-bond donors (Lipinski definition) is 2. The molecule has 5 aromatic rings. The second kappa shape index (κ2) is 16.6. The number of quaternary nitrogens is 1. The molecule has 49 heavy (non-hydrogen) atoms. The lowest BCUT2D eigenvalue weighted by atomic mass is 10.1. The van der Waals surface area contributed by atoms with Crippen molar-refractivity contribution in [2.45, 2.75) is 19.9 Å². The zero-order valence-electron chi connectivity index (χ0n) is 27.7. The van der Waals surface area contributed by atoms with E-state index in [2.05, 4.69) is 37.5 Å². The first kappa shape index (κ1) is 35.6. The van der Waals surface area contributed by atoms with Gasteiger partial charge in [0.15, 0.2) is 0 Å². The average molecular weight is 770 g/mol. The van der Waals surface area contributed by atoms with Crippen LogP contribution in [0.5, 0.6) is 0 Å². The number of aryl methyl sites for hydroxylation is 1. The zero-order valence-corrected chi connectivity index (χ0v) is 29.8. The summed E-state index contributed by atoms with van der Waals surface area (Å²) in [6.45, 7) is 6.77. The summed E-state index contributed by atoms with van der Waals surface area (Å²) in [5, 5.41) is 6.30. The molecule has 1 fully saturated rings. The molecule has 2 aromatic heterocycles. The van der Waals surface area contributed by atoms with Crippen molar-refractivity contribution in [1.82, 2.24) is 19.9 Å². The topological polar surface area (TPSA) is 109 Å². The van der Waals surface area contributed by atoms with Gasteiger partial charge in [-0.1, -0.05) is 48.5 Å². The van der Waals surface area contributed by atoms with E-state index in [1.807, 2.05) is 97.9 Å². The highest BCUT2D eigenvalue weighted by atomic mass is 127. The SMILES string of the molecule is Cc1ccc(NC(=O)c2ccc(CN3CC[N+](C)(COC(=O)Cc4ccccc4)CC3)cc2)cc1Nc1nccc(-c2cccnc2)n1.[I-]. The van der Waals surface area contributed by atoms with E-state index in [1.54, 1.807) is 18.6 Å². The summed E-state index contributed by atoms with van der Waals surface area (Å²) >= 11 is 0. The second-order valence-electron chi connectivity index (χ2n) is 12.5. The maximum absolute atomic E-state index is 13.1. The molecule has 2 N–H and O–H groups in total. The number of nitrogens with one attached hydrogen (secondary N) is 2. The Morgan fingerprint density at radius 1 is 0.898 bits per heavy atom. The molecular formula is C38H40IN7O3. The number of hydrogen-bond acceptors (Lipinski definition) is 8. The highest BCUT2D eigenvalue weighted by Gasteiger charge is 2.30. The van der Waals surface area contributed by atoms with Crippen molar-refractivity contribution in [2.24, 2.45) is 0 Å². The summed E-state index contributed by atoms with van der Waals surface area (Å²) in [4.78, 5) is 41.1. The molecular weight excluding hydrogens is 729 g/mol. The first-order valence-corrected chi connectivity index (χ1v) is 16.1. The molecule has 252 valence electrons. The number of rotatable bonds is 11. The van der Waals surface area contributed by atoms with Crippen molar-refractivity contribution in [3.8, 4) is 11.3 Å². The first-order chi connectivity index (χ1) is 23.3. The molecule has 0 saturated carbocycles. The molecule has 11 heteroatoms. The number of aromatic nitrogens is 3. The molecule has 0 atom stereocenters. The Labute approximate surface area is 304 Å². The van der Waals surface area contributed by atoms with Crippen molar-refractivity contribution >= 4 is 29.2 Å². The fourth-order valence-electron chi connectivity index (χ4n) is 5.59. The van der Waals surface area contributed by atoms with Crippen LogP contribution in [0.3, 0.4) is 0 Å². The Morgan fingerprint density at radius 3 is 2.41 bits per heavy atom. The average Bonchev–Trinajstić information content (AvgIpc) is 3.11. The van der Waals surface area contributed by atoms with Gasteiger partial charge in [0.1, 0.15) is 0 Å². The van der Waals surface area contributed by atoms with Gasteiger partial charge in [0.25, 0.3) is 5.91 Å². The van der Waals surface area contributed by atoms with Gasteiger partial charge in [0, 0.05) is 60.7 Å². The molecule has 1 saturated heterocycles. The zero-order chi connectivity index (χ0) is 33.3. The molecule has 0 spiro atoms. The van der Waals surface area contributed by atoms with Crippen LogP contribution in [0, 0.1) is 6.92 Å². The van der Waals surface area contributed by atoms with Gasteiger partial charge in [-0.05, 0) is 66.1 Å². The summed E-state index contributed by atoms with van der Waals surface area (Å²) in [5.74, 6) is 0.0845. The lowest BCUT2D eigenvalue weighted by Crippen LogP contribution is -3.00. The smallest absolute Gasteiger partial charge is 0.314 e. The minimum Gasteiger partial charge on any atom is -1.00 e. The van der Waals surface area contributed by atoms with Crippen LogP contribution in [0.15, 0.2) is 110 Å². The number of ether oxygens (including phenoxy) is 1. The fourth-order valence-corrected chi connectivity index (χ4v) is 5.59. The van der Waals surface area contributed by atoms with E-state index >= 15 is 0 Å². The number of piperazine rings is 1. The summed E-state index contributed by atoms with van der Waals surface area (Å²) in [7, 11) is 2.14. The Bertz CT molecular complexity index is 1850. The van der Waals surface area contributed by atoms with Crippen LogP contribution in [0.4, 0.5) is 17.3 Å². The molecule has 0 unspecified atom stereocenters. The highest BCUT2D eigenvalue weighted by molar-refractivity contribution is 6.04. The number of amides is 1. The minimum absolute atomic E-state index is 0. The van der Waals surface area contributed by atoms with E-state index < -0.39 is 0 Å². The van der Waals surface area contributed by atoms with Crippen molar-refractivity contribution in [1.29, 1.82) is 0 Å². The molecule has 0 aliphatic carbocycles. The van der Waals surface area contributed by atoms with Crippen molar-refractivity contribution in [2.75, 3.05) is 50.6 Å². The van der Waals surface area contributed by atoms with Crippen LogP contribution in [-0.4, -0.2) is 76.2 Å². The van der Waals surface area contributed by atoms with E-state index in [4.69, 9.17) is 4.74 Å². The number of carbonyl (C=O) groups excluding carboxylic acids is 2. The van der Waals surface area contributed by atoms with Crippen LogP contribution in [0.1, 0.15) is 27.0 Å². The van der Waals surface area contributed by atoms with Crippen LogP contribution in [-0.2, 0) is 22.5 Å². The molecule has 10 nitrogen and oxygen atoms in total. The predicted molar refractivity (Wildman–Crippen MR) is 186 cm³/mol. The minimum atomic E-state index is -0.191. The lowest BCUT2D eigenvalue weighted by molar-refractivity contribution is -0.929. The van der Waals surface area contributed by atoms with E-state index in [0.717, 1.165) is 66.4 Å². The normalized spacial score (nSPS) is 13.9. The van der Waals surface area contributed by atoms with E-state index in [1.165, 1.54) is 0 Å². The largest absolute Gasteiger partial charge is 1.00 e. The maximum atomic E-state index is 13.1. The van der Waals surface area contributed by atoms with Crippen LogP contribution >= 0.6 is 0 Å². The number of esters is 1. The number of likely N-dealkylation sites (N-methyl/N-ethyl adjacent to an activating group) is 1. The van der Waals surface area contributed by atoms with Gasteiger partial charge in [-0.15, -0.1) is 0 Å². The number of benzene rings is 3. The van der Waals surface area contributed by atoms with E-state index in [0.29, 0.717) is 34.8 Å². The Balaban J connectivity index is 0.00000468. The van der Waals surface area contributed by atoms with Gasteiger partial charge in [-0.3, -0.25) is 24.0 Å². The van der Waals surface area contributed by atoms with Crippen LogP contribution < -0.4 is 34.6 Å². The van der Waals surface area contributed by atoms with Crippen molar-refractivity contribution in [3.63, 3.8) is 0 Å². The highest BCUT2D eigenvalue weighted by Crippen LogP contribution is 2.25. The third kappa shape index (κ3) is 9.91. The predicted octanol–water partition coefficient (Wildman–Crippen LogP) is 2.85. The van der Waals surface area contributed by atoms with Gasteiger partial charge in [-0.2, -0.15) is 0 Å².